The average molecular weight is 490 g/mol. The number of anilines is 2. The Balaban J connectivity index is 1.59. The van der Waals surface area contributed by atoms with Gasteiger partial charge in [0.1, 0.15) is 5.76 Å². The number of rotatable bonds is 7. The number of carbonyl (C=O) groups excluding carboxylic acids is 2. The van der Waals surface area contributed by atoms with Crippen molar-refractivity contribution in [2.45, 2.75) is 26.2 Å². The fourth-order valence-electron chi connectivity index (χ4n) is 2.83. The van der Waals surface area contributed by atoms with Gasteiger partial charge in [0.25, 0.3) is 5.91 Å². The first-order chi connectivity index (χ1) is 15.4. The van der Waals surface area contributed by atoms with Gasteiger partial charge in [0.15, 0.2) is 10.9 Å². The van der Waals surface area contributed by atoms with Crippen LogP contribution in [0.25, 0.3) is 11.3 Å². The van der Waals surface area contributed by atoms with Crippen molar-refractivity contribution >= 4 is 63.7 Å². The number of unbranched alkanes of at least 4 members (excludes halogenated alkanes) is 1. The van der Waals surface area contributed by atoms with E-state index in [2.05, 4.69) is 16.0 Å². The number of furan rings is 1. The van der Waals surface area contributed by atoms with Gasteiger partial charge in [0.05, 0.1) is 10.0 Å². The van der Waals surface area contributed by atoms with Gasteiger partial charge in [0, 0.05) is 23.4 Å². The minimum absolute atomic E-state index is 0.0459. The Kier molecular flexibility index (Phi) is 8.27. The zero-order chi connectivity index (χ0) is 23.1. The molecule has 1 heterocycles. The Morgan fingerprint density at radius 3 is 2.44 bits per heavy atom. The number of halogens is 2. The summed E-state index contributed by atoms with van der Waals surface area (Å²) in [7, 11) is 0. The van der Waals surface area contributed by atoms with Crippen LogP contribution in [0.4, 0.5) is 11.4 Å². The molecule has 0 aliphatic heterocycles. The van der Waals surface area contributed by atoms with Gasteiger partial charge in [-0.2, -0.15) is 0 Å². The molecule has 6 nitrogen and oxygen atoms in total. The van der Waals surface area contributed by atoms with Crippen molar-refractivity contribution in [1.29, 1.82) is 0 Å². The van der Waals surface area contributed by atoms with Crippen molar-refractivity contribution < 1.29 is 14.0 Å². The van der Waals surface area contributed by atoms with Crippen molar-refractivity contribution in [3.63, 3.8) is 0 Å². The molecule has 1 aromatic heterocycles. The van der Waals surface area contributed by atoms with Crippen LogP contribution in [0.3, 0.4) is 0 Å². The molecule has 3 N–H and O–H groups in total. The number of carbonyl (C=O) groups is 2. The van der Waals surface area contributed by atoms with Gasteiger partial charge in [0.2, 0.25) is 5.91 Å². The molecule has 2 amide bonds. The Bertz CT molecular complexity index is 1150. The molecular formula is C23H21Cl2N3O3S. The second-order valence-electron chi connectivity index (χ2n) is 6.93. The van der Waals surface area contributed by atoms with Crippen LogP contribution in [-0.2, 0) is 4.79 Å². The van der Waals surface area contributed by atoms with Gasteiger partial charge in [-0.15, -0.1) is 0 Å². The van der Waals surface area contributed by atoms with Gasteiger partial charge in [-0.25, -0.2) is 0 Å². The summed E-state index contributed by atoms with van der Waals surface area (Å²) in [5.74, 6) is 0.0135. The molecular weight excluding hydrogens is 469 g/mol. The van der Waals surface area contributed by atoms with Crippen molar-refractivity contribution in [3.05, 3.63) is 70.4 Å². The quantitative estimate of drug-likeness (QED) is 0.329. The van der Waals surface area contributed by atoms with Gasteiger partial charge < -0.3 is 15.1 Å². The molecule has 9 heteroatoms. The smallest absolute Gasteiger partial charge is 0.293 e. The van der Waals surface area contributed by atoms with Crippen LogP contribution in [-0.4, -0.2) is 16.9 Å². The number of hydrogen-bond acceptors (Lipinski definition) is 4. The van der Waals surface area contributed by atoms with Crippen LogP contribution < -0.4 is 16.0 Å². The highest BCUT2D eigenvalue weighted by Crippen LogP contribution is 2.29. The molecule has 0 bridgehead atoms. The SMILES string of the molecule is CCCCC(=O)Nc1cccc(NC(=S)NC(=O)c2ccc(-c3ccc(Cl)c(Cl)c3)o2)c1. The first kappa shape index (κ1) is 23.8. The van der Waals surface area contributed by atoms with Crippen molar-refractivity contribution in [3.8, 4) is 11.3 Å². The minimum atomic E-state index is -0.502. The van der Waals surface area contributed by atoms with Crippen LogP contribution in [0.1, 0.15) is 36.7 Å². The maximum atomic E-state index is 12.5. The highest BCUT2D eigenvalue weighted by Gasteiger charge is 2.14. The lowest BCUT2D eigenvalue weighted by atomic mass is 10.2. The maximum absolute atomic E-state index is 12.5. The lowest BCUT2D eigenvalue weighted by Gasteiger charge is -2.11. The van der Waals surface area contributed by atoms with Crippen LogP contribution in [0.15, 0.2) is 59.0 Å². The second-order valence-corrected chi connectivity index (χ2v) is 8.16. The Labute approximate surface area is 201 Å². The van der Waals surface area contributed by atoms with E-state index >= 15 is 0 Å². The number of nitrogens with one attached hydrogen (secondary N) is 3. The van der Waals surface area contributed by atoms with E-state index in [4.69, 9.17) is 39.8 Å². The topological polar surface area (TPSA) is 83.4 Å². The third-order valence-electron chi connectivity index (χ3n) is 4.42. The second kappa shape index (κ2) is 11.1. The first-order valence-electron chi connectivity index (χ1n) is 9.93. The van der Waals surface area contributed by atoms with Crippen molar-refractivity contribution in [2.75, 3.05) is 10.6 Å². The maximum Gasteiger partial charge on any atom is 0.293 e. The van der Waals surface area contributed by atoms with Crippen molar-refractivity contribution in [2.24, 2.45) is 0 Å². The minimum Gasteiger partial charge on any atom is -0.451 e. The molecule has 0 saturated heterocycles. The molecule has 0 fully saturated rings. The fraction of sp³-hybridized carbons (Fsp3) is 0.174. The predicted molar refractivity (Wildman–Crippen MR) is 132 cm³/mol. The molecule has 0 aliphatic carbocycles. The molecule has 166 valence electrons. The standard InChI is InChI=1S/C23H21Cl2N3O3S/c1-2-3-7-21(29)26-15-5-4-6-16(13-15)27-23(32)28-22(30)20-11-10-19(31-20)14-8-9-17(24)18(25)12-14/h4-6,8-13H,2-3,7H2,1H3,(H,26,29)(H2,27,28,30,32). The number of thiocarbonyl (C=S) groups is 1. The summed E-state index contributed by atoms with van der Waals surface area (Å²) < 4.78 is 5.62. The Hall–Kier alpha value is -2.87. The van der Waals surface area contributed by atoms with E-state index in [-0.39, 0.29) is 16.8 Å². The molecule has 0 aliphatic rings. The van der Waals surface area contributed by atoms with E-state index in [0.717, 1.165) is 12.8 Å². The summed E-state index contributed by atoms with van der Waals surface area (Å²) in [6, 6.07) is 15.3. The van der Waals surface area contributed by atoms with Crippen molar-refractivity contribution in [1.82, 2.24) is 5.32 Å². The molecule has 0 saturated carbocycles. The number of benzene rings is 2. The molecule has 32 heavy (non-hydrogen) atoms. The third kappa shape index (κ3) is 6.56. The molecule has 0 spiro atoms. The lowest BCUT2D eigenvalue weighted by Crippen LogP contribution is -2.33. The first-order valence-corrected chi connectivity index (χ1v) is 11.1. The number of hydrogen-bond donors (Lipinski definition) is 3. The van der Waals surface area contributed by atoms with Crippen LogP contribution in [0, 0.1) is 0 Å². The van der Waals surface area contributed by atoms with Gasteiger partial charge >= 0.3 is 0 Å². The molecule has 0 radical (unpaired) electrons. The fourth-order valence-corrected chi connectivity index (χ4v) is 3.34. The van der Waals surface area contributed by atoms with E-state index in [0.29, 0.717) is 39.2 Å². The largest absolute Gasteiger partial charge is 0.451 e. The summed E-state index contributed by atoms with van der Waals surface area (Å²) in [5.41, 5.74) is 1.96. The van der Waals surface area contributed by atoms with Crippen LogP contribution in [0.5, 0.6) is 0 Å². The molecule has 0 unspecified atom stereocenters. The normalized spacial score (nSPS) is 10.5. The molecule has 3 aromatic rings. The molecule has 3 rings (SSSR count). The highest BCUT2D eigenvalue weighted by molar-refractivity contribution is 7.80. The summed E-state index contributed by atoms with van der Waals surface area (Å²) in [6.07, 6.45) is 2.25. The lowest BCUT2D eigenvalue weighted by molar-refractivity contribution is -0.116. The van der Waals surface area contributed by atoms with E-state index < -0.39 is 5.91 Å². The summed E-state index contributed by atoms with van der Waals surface area (Å²) >= 11 is 17.2. The van der Waals surface area contributed by atoms with E-state index in [9.17, 15) is 9.59 Å². The zero-order valence-corrected chi connectivity index (χ0v) is 19.5. The van der Waals surface area contributed by atoms with E-state index in [1.807, 2.05) is 6.92 Å². The number of amides is 2. The highest BCUT2D eigenvalue weighted by atomic mass is 35.5. The summed E-state index contributed by atoms with van der Waals surface area (Å²) in [5, 5.41) is 9.25. The average Bonchev–Trinajstić information content (AvgIpc) is 3.25. The summed E-state index contributed by atoms with van der Waals surface area (Å²) in [6.45, 7) is 2.03. The van der Waals surface area contributed by atoms with Crippen LogP contribution in [0.2, 0.25) is 10.0 Å². The zero-order valence-electron chi connectivity index (χ0n) is 17.2. The molecule has 0 atom stereocenters. The van der Waals surface area contributed by atoms with Gasteiger partial charge in [-0.05, 0) is 67.2 Å². The Morgan fingerprint density at radius 2 is 1.72 bits per heavy atom. The van der Waals surface area contributed by atoms with E-state index in [1.165, 1.54) is 0 Å². The third-order valence-corrected chi connectivity index (χ3v) is 5.37. The van der Waals surface area contributed by atoms with Crippen LogP contribution >= 0.6 is 35.4 Å². The molecule has 2 aromatic carbocycles. The van der Waals surface area contributed by atoms with Gasteiger partial charge in [-0.3, -0.25) is 14.9 Å². The summed E-state index contributed by atoms with van der Waals surface area (Å²) in [4.78, 5) is 24.4. The van der Waals surface area contributed by atoms with Gasteiger partial charge in [-0.1, -0.05) is 42.6 Å². The monoisotopic (exact) mass is 489 g/mol. The predicted octanol–water partition coefficient (Wildman–Crippen LogP) is 6.51. The Morgan fingerprint density at radius 1 is 0.969 bits per heavy atom. The van der Waals surface area contributed by atoms with E-state index in [1.54, 1.807) is 54.6 Å².